The fraction of sp³-hybridized carbons (Fsp3) is 0. The van der Waals surface area contributed by atoms with Crippen LogP contribution < -0.4 is 0 Å². The van der Waals surface area contributed by atoms with Crippen molar-refractivity contribution in [1.29, 1.82) is 10.5 Å². The van der Waals surface area contributed by atoms with Gasteiger partial charge in [-0.25, -0.2) is 8.42 Å². The fourth-order valence-electron chi connectivity index (χ4n) is 2.13. The Hall–Kier alpha value is -4.28. The van der Waals surface area contributed by atoms with Gasteiger partial charge in [0.05, 0.1) is 5.41 Å². The Bertz CT molecular complexity index is 1250. The molecule has 0 heterocycles. The first-order valence-electron chi connectivity index (χ1n) is 7.66. The molecule has 0 saturated carbocycles. The number of carbonyl (C=O) groups excluding carboxylic acids is 1. The Balaban J connectivity index is 2.49. The number of hydrogen-bond donors (Lipinski definition) is 4. The number of aromatic hydroxyl groups is 4. The van der Waals surface area contributed by atoms with Gasteiger partial charge in [0.2, 0.25) is 15.6 Å². The Morgan fingerprint density at radius 1 is 0.862 bits per heavy atom. The number of sulfone groups is 1. The zero-order valence-corrected chi connectivity index (χ0v) is 15.3. The third kappa shape index (κ3) is 4.71. The zero-order valence-electron chi connectivity index (χ0n) is 14.4. The summed E-state index contributed by atoms with van der Waals surface area (Å²) in [6.07, 6.45) is 0.886. The predicted octanol–water partition coefficient (Wildman–Crippen LogP) is 2.08. The van der Waals surface area contributed by atoms with E-state index >= 15 is 0 Å². The van der Waals surface area contributed by atoms with Gasteiger partial charge < -0.3 is 20.4 Å². The van der Waals surface area contributed by atoms with Gasteiger partial charge in [-0.05, 0) is 42.0 Å². The molecule has 0 fully saturated rings. The summed E-state index contributed by atoms with van der Waals surface area (Å²) in [6, 6.07) is 9.13. The van der Waals surface area contributed by atoms with Crippen LogP contribution in [0.15, 0.2) is 52.3 Å². The van der Waals surface area contributed by atoms with Gasteiger partial charge in [-0.3, -0.25) is 4.79 Å². The lowest BCUT2D eigenvalue weighted by Gasteiger charge is -2.03. The van der Waals surface area contributed by atoms with Crippen LogP contribution in [0.25, 0.3) is 6.08 Å². The van der Waals surface area contributed by atoms with Crippen LogP contribution in [0.2, 0.25) is 0 Å². The van der Waals surface area contributed by atoms with Crippen molar-refractivity contribution in [3.8, 4) is 35.1 Å². The summed E-state index contributed by atoms with van der Waals surface area (Å²) in [5.41, 5.74) is -1.01. The maximum Gasteiger partial charge on any atom is 0.211 e. The summed E-state index contributed by atoms with van der Waals surface area (Å²) in [5, 5.41) is 56.2. The molecule has 9 nitrogen and oxygen atoms in total. The average molecular weight is 412 g/mol. The highest BCUT2D eigenvalue weighted by atomic mass is 32.2. The van der Waals surface area contributed by atoms with E-state index in [1.807, 2.05) is 0 Å². The Morgan fingerprint density at radius 3 is 1.97 bits per heavy atom. The standard InChI is InChI=1S/C19H12N2O7S/c20-8-13(19(26)12-2-4-16(23)18(25)7-12)10-29(27,28)14(9-21)5-11-1-3-15(22)17(24)6-11/h1-7,10,22-25H. The molecule has 0 radical (unpaired) electrons. The Labute approximate surface area is 164 Å². The van der Waals surface area contributed by atoms with Crippen LogP contribution >= 0.6 is 0 Å². The number of carbonyl (C=O) groups is 1. The van der Waals surface area contributed by atoms with Gasteiger partial charge >= 0.3 is 0 Å². The second-order valence-corrected chi connectivity index (χ2v) is 7.36. The van der Waals surface area contributed by atoms with E-state index in [4.69, 9.17) is 0 Å². The number of benzene rings is 2. The van der Waals surface area contributed by atoms with Gasteiger partial charge in [0.1, 0.15) is 22.6 Å². The van der Waals surface area contributed by atoms with E-state index in [1.165, 1.54) is 18.2 Å². The fourth-order valence-corrected chi connectivity index (χ4v) is 3.15. The highest BCUT2D eigenvalue weighted by Gasteiger charge is 2.21. The number of rotatable bonds is 5. The Morgan fingerprint density at radius 2 is 1.45 bits per heavy atom. The largest absolute Gasteiger partial charge is 0.504 e. The van der Waals surface area contributed by atoms with E-state index in [0.29, 0.717) is 5.41 Å². The molecule has 4 N–H and O–H groups in total. The lowest BCUT2D eigenvalue weighted by Crippen LogP contribution is -2.06. The van der Waals surface area contributed by atoms with E-state index in [0.717, 1.165) is 36.4 Å². The molecule has 0 aliphatic carbocycles. The maximum absolute atomic E-state index is 12.5. The average Bonchev–Trinajstić information content (AvgIpc) is 2.68. The summed E-state index contributed by atoms with van der Waals surface area (Å²) in [6.45, 7) is 0. The van der Waals surface area contributed by atoms with Crippen molar-refractivity contribution in [2.24, 2.45) is 0 Å². The second kappa shape index (κ2) is 8.17. The van der Waals surface area contributed by atoms with E-state index in [-0.39, 0.29) is 11.1 Å². The second-order valence-electron chi connectivity index (χ2n) is 5.59. The van der Waals surface area contributed by atoms with Crippen molar-refractivity contribution < 1.29 is 33.6 Å². The highest BCUT2D eigenvalue weighted by molar-refractivity contribution is 7.98. The van der Waals surface area contributed by atoms with Crippen molar-refractivity contribution in [3.63, 3.8) is 0 Å². The van der Waals surface area contributed by atoms with Crippen molar-refractivity contribution in [3.05, 3.63) is 63.4 Å². The number of ketones is 1. The quantitative estimate of drug-likeness (QED) is 0.247. The lowest BCUT2D eigenvalue weighted by molar-refractivity contribution is 0.103. The summed E-state index contributed by atoms with van der Waals surface area (Å²) < 4.78 is 24.9. The normalized spacial score (nSPS) is 12.1. The first kappa shape index (κ1) is 21.0. The zero-order chi connectivity index (χ0) is 21.8. The molecule has 0 aliphatic rings. The smallest absolute Gasteiger partial charge is 0.211 e. The SMILES string of the molecule is N#CC(=CS(=O)(=O)C(C#N)=Cc1ccc(O)c(O)c1)C(=O)c1ccc(O)c(O)c1. The molecule has 2 rings (SSSR count). The van der Waals surface area contributed by atoms with Crippen LogP contribution in [0.3, 0.4) is 0 Å². The molecule has 146 valence electrons. The van der Waals surface area contributed by atoms with Gasteiger partial charge in [-0.15, -0.1) is 0 Å². The van der Waals surface area contributed by atoms with E-state index in [1.54, 1.807) is 0 Å². The molecule has 2 aromatic carbocycles. The molecule has 10 heteroatoms. The van der Waals surface area contributed by atoms with Crippen molar-refractivity contribution in [2.45, 2.75) is 0 Å². The van der Waals surface area contributed by atoms with E-state index in [2.05, 4.69) is 0 Å². The number of Topliss-reactive ketones (excluding diaryl/α,β-unsaturated/α-hetero) is 1. The molecule has 0 aromatic heterocycles. The van der Waals surface area contributed by atoms with Gasteiger partial charge in [-0.2, -0.15) is 10.5 Å². The first-order chi connectivity index (χ1) is 13.6. The number of phenolic OH excluding ortho intramolecular Hbond substituents is 4. The number of nitrogens with zero attached hydrogens (tertiary/aromatic N) is 2. The third-order valence-corrected chi connectivity index (χ3v) is 4.96. The molecular formula is C19H12N2O7S. The van der Waals surface area contributed by atoms with E-state index in [9.17, 15) is 44.2 Å². The topological polar surface area (TPSA) is 180 Å². The van der Waals surface area contributed by atoms with Crippen LogP contribution in [0.4, 0.5) is 0 Å². The van der Waals surface area contributed by atoms with Gasteiger partial charge in [0.15, 0.2) is 23.0 Å². The van der Waals surface area contributed by atoms with E-state index < -0.39 is 49.1 Å². The molecule has 0 saturated heterocycles. The summed E-state index contributed by atoms with van der Waals surface area (Å²) in [5.74, 6) is -3.18. The molecule has 0 spiro atoms. The molecule has 0 amide bonds. The van der Waals surface area contributed by atoms with Gasteiger partial charge in [0, 0.05) is 5.56 Å². The number of allylic oxidation sites excluding steroid dienone is 2. The molecule has 0 bridgehead atoms. The predicted molar refractivity (Wildman–Crippen MR) is 100 cm³/mol. The van der Waals surface area contributed by atoms with Crippen LogP contribution in [-0.4, -0.2) is 34.6 Å². The minimum absolute atomic E-state index is 0.0714. The summed E-state index contributed by atoms with van der Waals surface area (Å²) in [4.78, 5) is 11.5. The maximum atomic E-state index is 12.5. The van der Waals surface area contributed by atoms with Crippen LogP contribution in [0, 0.1) is 22.7 Å². The number of phenols is 4. The van der Waals surface area contributed by atoms with Crippen molar-refractivity contribution in [2.75, 3.05) is 0 Å². The van der Waals surface area contributed by atoms with Crippen molar-refractivity contribution >= 4 is 21.7 Å². The highest BCUT2D eigenvalue weighted by Crippen LogP contribution is 2.28. The molecule has 0 unspecified atom stereocenters. The molecular weight excluding hydrogens is 400 g/mol. The molecule has 29 heavy (non-hydrogen) atoms. The Kier molecular flexibility index (Phi) is 5.92. The van der Waals surface area contributed by atoms with Crippen LogP contribution in [0.5, 0.6) is 23.0 Å². The minimum atomic E-state index is -4.54. The van der Waals surface area contributed by atoms with Crippen LogP contribution in [0.1, 0.15) is 15.9 Å². The molecule has 0 atom stereocenters. The van der Waals surface area contributed by atoms with Crippen LogP contribution in [-0.2, 0) is 9.84 Å². The lowest BCUT2D eigenvalue weighted by atomic mass is 10.1. The number of hydrogen-bond acceptors (Lipinski definition) is 9. The number of nitriles is 2. The summed E-state index contributed by atoms with van der Waals surface area (Å²) in [7, 11) is -4.54. The first-order valence-corrected chi connectivity index (χ1v) is 9.21. The third-order valence-electron chi connectivity index (χ3n) is 3.59. The molecule has 0 aliphatic heterocycles. The van der Waals surface area contributed by atoms with Gasteiger partial charge in [0.25, 0.3) is 0 Å². The minimum Gasteiger partial charge on any atom is -0.504 e. The summed E-state index contributed by atoms with van der Waals surface area (Å²) >= 11 is 0. The van der Waals surface area contributed by atoms with Gasteiger partial charge in [-0.1, -0.05) is 6.07 Å². The molecule has 2 aromatic rings. The van der Waals surface area contributed by atoms with Crippen molar-refractivity contribution in [1.82, 2.24) is 0 Å². The monoisotopic (exact) mass is 412 g/mol.